The Morgan fingerprint density at radius 1 is 1.06 bits per heavy atom. The van der Waals surface area contributed by atoms with Crippen molar-refractivity contribution in [3.8, 4) is 0 Å². The Kier molecular flexibility index (Phi) is 7.00. The second-order valence-corrected chi connectivity index (χ2v) is 10.1. The summed E-state index contributed by atoms with van der Waals surface area (Å²) in [4.78, 5) is 12.8. The Morgan fingerprint density at radius 2 is 1.75 bits per heavy atom. The number of aryl methyl sites for hydroxylation is 2. The zero-order valence-electron chi connectivity index (χ0n) is 19.0. The van der Waals surface area contributed by atoms with E-state index in [2.05, 4.69) is 15.7 Å². The van der Waals surface area contributed by atoms with E-state index in [9.17, 15) is 13.2 Å². The highest BCUT2D eigenvalue weighted by Crippen LogP contribution is 2.19. The highest BCUT2D eigenvalue weighted by Gasteiger charge is 2.19. The van der Waals surface area contributed by atoms with Crippen molar-refractivity contribution in [2.24, 2.45) is 0 Å². The quantitative estimate of drug-likeness (QED) is 0.544. The number of aromatic nitrogens is 2. The van der Waals surface area contributed by atoms with Crippen molar-refractivity contribution >= 4 is 27.3 Å². The summed E-state index contributed by atoms with van der Waals surface area (Å²) in [6.45, 7) is 6.38. The third kappa shape index (κ3) is 5.54. The number of carbonyl (C=O) groups is 1. The van der Waals surface area contributed by atoms with Crippen LogP contribution in [0.2, 0.25) is 0 Å². The minimum Gasteiger partial charge on any atom is -0.374 e. The Labute approximate surface area is 189 Å². The molecule has 1 heterocycles. The summed E-state index contributed by atoms with van der Waals surface area (Å²) in [6, 6.07) is 15.6. The first-order valence-corrected chi connectivity index (χ1v) is 11.7. The van der Waals surface area contributed by atoms with E-state index in [1.807, 2.05) is 48.9 Å². The maximum absolute atomic E-state index is 12.7. The number of nitrogens with one attached hydrogen (secondary N) is 2. The van der Waals surface area contributed by atoms with E-state index < -0.39 is 16.1 Å². The number of benzene rings is 2. The molecular formula is C23H29N5O3S. The lowest BCUT2D eigenvalue weighted by Gasteiger charge is -2.17. The van der Waals surface area contributed by atoms with Crippen LogP contribution in [0.25, 0.3) is 0 Å². The predicted octanol–water partition coefficient (Wildman–Crippen LogP) is 3.24. The highest BCUT2D eigenvalue weighted by molar-refractivity contribution is 7.89. The fourth-order valence-electron chi connectivity index (χ4n) is 3.28. The molecule has 0 saturated carbocycles. The normalized spacial score (nSPS) is 12.6. The van der Waals surface area contributed by atoms with Gasteiger partial charge < -0.3 is 10.6 Å². The maximum Gasteiger partial charge on any atom is 0.246 e. The Hall–Kier alpha value is -3.17. The fraction of sp³-hybridized carbons (Fsp3) is 0.304. The lowest BCUT2D eigenvalue weighted by atomic mass is 10.2. The van der Waals surface area contributed by atoms with Gasteiger partial charge in [0.15, 0.2) is 0 Å². The molecule has 1 aromatic heterocycles. The zero-order chi connectivity index (χ0) is 23.5. The molecule has 0 aliphatic carbocycles. The minimum absolute atomic E-state index is 0.123. The van der Waals surface area contributed by atoms with E-state index in [1.54, 1.807) is 19.1 Å². The molecule has 3 rings (SSSR count). The molecule has 9 heteroatoms. The predicted molar refractivity (Wildman–Crippen MR) is 126 cm³/mol. The smallest absolute Gasteiger partial charge is 0.246 e. The lowest BCUT2D eigenvalue weighted by molar-refractivity contribution is -0.116. The summed E-state index contributed by atoms with van der Waals surface area (Å²) in [5.74, 6) is -0.270. The van der Waals surface area contributed by atoms with Gasteiger partial charge in [-0.05, 0) is 62.7 Å². The van der Waals surface area contributed by atoms with Gasteiger partial charge in [-0.3, -0.25) is 9.48 Å². The molecule has 2 aromatic carbocycles. The summed E-state index contributed by atoms with van der Waals surface area (Å²) in [5, 5.41) is 10.5. The number of sulfonamides is 1. The van der Waals surface area contributed by atoms with Gasteiger partial charge in [0.2, 0.25) is 15.9 Å². The molecule has 32 heavy (non-hydrogen) atoms. The summed E-state index contributed by atoms with van der Waals surface area (Å²) < 4.78 is 27.7. The molecule has 0 bridgehead atoms. The number of anilines is 2. The maximum atomic E-state index is 12.7. The first kappa shape index (κ1) is 23.5. The number of amides is 1. The summed E-state index contributed by atoms with van der Waals surface area (Å²) in [7, 11) is -0.641. The Morgan fingerprint density at radius 3 is 2.41 bits per heavy atom. The summed E-state index contributed by atoms with van der Waals surface area (Å²) >= 11 is 0. The van der Waals surface area contributed by atoms with Crippen LogP contribution in [0.15, 0.2) is 59.5 Å². The number of rotatable bonds is 8. The standard InChI is InChI=1S/C23H29N5O3S/c1-16-12-17(2)28(26-16)15-19-8-6-9-20(13-19)24-18(3)23(29)25-21-10-7-11-22(14-21)32(30,31)27(4)5/h6-14,18,24H,15H2,1-5H3,(H,25,29). The largest absolute Gasteiger partial charge is 0.374 e. The highest BCUT2D eigenvalue weighted by atomic mass is 32.2. The van der Waals surface area contributed by atoms with Gasteiger partial charge in [0.05, 0.1) is 17.1 Å². The van der Waals surface area contributed by atoms with E-state index in [0.717, 1.165) is 26.9 Å². The van der Waals surface area contributed by atoms with Crippen LogP contribution in [0.3, 0.4) is 0 Å². The van der Waals surface area contributed by atoms with Crippen molar-refractivity contribution in [2.45, 2.75) is 38.3 Å². The van der Waals surface area contributed by atoms with Gasteiger partial charge >= 0.3 is 0 Å². The van der Waals surface area contributed by atoms with Gasteiger partial charge in [-0.2, -0.15) is 5.10 Å². The number of hydrogen-bond donors (Lipinski definition) is 2. The van der Waals surface area contributed by atoms with E-state index in [1.165, 1.54) is 26.2 Å². The average molecular weight is 456 g/mol. The second kappa shape index (κ2) is 9.54. The van der Waals surface area contributed by atoms with E-state index >= 15 is 0 Å². The van der Waals surface area contributed by atoms with Crippen molar-refractivity contribution in [3.05, 3.63) is 71.5 Å². The topological polar surface area (TPSA) is 96.3 Å². The van der Waals surface area contributed by atoms with Crippen molar-refractivity contribution in [2.75, 3.05) is 24.7 Å². The average Bonchev–Trinajstić information content (AvgIpc) is 3.04. The molecule has 3 aromatic rings. The molecule has 0 radical (unpaired) electrons. The van der Waals surface area contributed by atoms with E-state index in [4.69, 9.17) is 0 Å². The van der Waals surface area contributed by atoms with Crippen LogP contribution < -0.4 is 10.6 Å². The molecule has 0 saturated heterocycles. The Balaban J connectivity index is 1.67. The van der Waals surface area contributed by atoms with Crippen LogP contribution in [0.1, 0.15) is 23.9 Å². The van der Waals surface area contributed by atoms with Gasteiger partial charge in [-0.1, -0.05) is 18.2 Å². The SMILES string of the molecule is Cc1cc(C)n(Cc2cccc(NC(C)C(=O)Nc3cccc(S(=O)(=O)N(C)C)c3)c2)n1. The molecule has 0 aliphatic rings. The molecule has 8 nitrogen and oxygen atoms in total. The van der Waals surface area contributed by atoms with Crippen LogP contribution in [0.4, 0.5) is 11.4 Å². The molecule has 2 N–H and O–H groups in total. The minimum atomic E-state index is -3.58. The van der Waals surface area contributed by atoms with Crippen molar-refractivity contribution in [3.63, 3.8) is 0 Å². The number of hydrogen-bond acceptors (Lipinski definition) is 5. The van der Waals surface area contributed by atoms with Gasteiger partial charge in [0, 0.05) is 31.2 Å². The number of carbonyl (C=O) groups excluding carboxylic acids is 1. The second-order valence-electron chi connectivity index (χ2n) is 7.96. The van der Waals surface area contributed by atoms with Crippen LogP contribution >= 0.6 is 0 Å². The van der Waals surface area contributed by atoms with Gasteiger partial charge in [0.25, 0.3) is 0 Å². The lowest BCUT2D eigenvalue weighted by Crippen LogP contribution is -2.32. The first-order valence-electron chi connectivity index (χ1n) is 10.3. The van der Waals surface area contributed by atoms with E-state index in [-0.39, 0.29) is 10.8 Å². The van der Waals surface area contributed by atoms with Crippen LogP contribution in [0.5, 0.6) is 0 Å². The summed E-state index contributed by atoms with van der Waals surface area (Å²) in [6.07, 6.45) is 0. The number of nitrogens with zero attached hydrogens (tertiary/aromatic N) is 3. The van der Waals surface area contributed by atoms with Gasteiger partial charge in [-0.25, -0.2) is 12.7 Å². The third-order valence-corrected chi connectivity index (χ3v) is 6.83. The van der Waals surface area contributed by atoms with Crippen LogP contribution in [-0.4, -0.2) is 48.5 Å². The monoisotopic (exact) mass is 455 g/mol. The molecule has 170 valence electrons. The van der Waals surface area contributed by atoms with Gasteiger partial charge in [-0.15, -0.1) is 0 Å². The van der Waals surface area contributed by atoms with E-state index in [0.29, 0.717) is 12.2 Å². The molecule has 0 fully saturated rings. The molecule has 0 aliphatic heterocycles. The van der Waals surface area contributed by atoms with Crippen LogP contribution in [0, 0.1) is 13.8 Å². The summed E-state index contributed by atoms with van der Waals surface area (Å²) in [5.41, 5.74) is 4.37. The molecule has 0 spiro atoms. The molecule has 1 atom stereocenters. The van der Waals surface area contributed by atoms with Crippen molar-refractivity contribution in [1.82, 2.24) is 14.1 Å². The van der Waals surface area contributed by atoms with Crippen molar-refractivity contribution in [1.29, 1.82) is 0 Å². The van der Waals surface area contributed by atoms with Crippen LogP contribution in [-0.2, 0) is 21.4 Å². The van der Waals surface area contributed by atoms with Crippen molar-refractivity contribution < 1.29 is 13.2 Å². The molecular weight excluding hydrogens is 426 g/mol. The zero-order valence-corrected chi connectivity index (χ0v) is 19.8. The molecule has 1 unspecified atom stereocenters. The third-order valence-electron chi connectivity index (χ3n) is 5.02. The Bertz CT molecular complexity index is 1220. The molecule has 1 amide bonds. The fourth-order valence-corrected chi connectivity index (χ4v) is 4.23. The van der Waals surface area contributed by atoms with Gasteiger partial charge in [0.1, 0.15) is 6.04 Å². The first-order chi connectivity index (χ1) is 15.1.